The Balaban J connectivity index is 1.75. The van der Waals surface area contributed by atoms with Gasteiger partial charge < -0.3 is 0 Å². The van der Waals surface area contributed by atoms with E-state index in [1.54, 1.807) is 0 Å². The van der Waals surface area contributed by atoms with Gasteiger partial charge in [0.2, 0.25) is 0 Å². The monoisotopic (exact) mass is 220 g/mol. The molecule has 2 rings (SSSR count). The quantitative estimate of drug-likeness (QED) is 0.586. The van der Waals surface area contributed by atoms with Crippen LogP contribution < -0.4 is 0 Å². The Hall–Kier alpha value is -0.350. The van der Waals surface area contributed by atoms with E-state index in [1.165, 1.54) is 63.4 Å². The summed E-state index contributed by atoms with van der Waals surface area (Å²) in [5, 5.41) is 4.15. The van der Waals surface area contributed by atoms with Gasteiger partial charge in [-0.25, -0.2) is 0 Å². The molecule has 0 amide bonds. The number of hydrogen-bond donors (Lipinski definition) is 0. The van der Waals surface area contributed by atoms with Crippen LogP contribution in [0.2, 0.25) is 0 Å². The van der Waals surface area contributed by atoms with Crippen LogP contribution in [0.25, 0.3) is 0 Å². The van der Waals surface area contributed by atoms with Gasteiger partial charge in [-0.15, -0.1) is 0 Å². The number of allylic oxidation sites excluding steroid dienone is 2. The molecule has 0 spiro atoms. The average Bonchev–Trinajstić information content (AvgIpc) is 2.32. The Kier molecular flexibility index (Phi) is 4.67. The second-order valence-electron chi connectivity index (χ2n) is 4.58. The summed E-state index contributed by atoms with van der Waals surface area (Å²) in [4.78, 5) is 0. The van der Waals surface area contributed by atoms with Crippen LogP contribution in [0.1, 0.15) is 57.8 Å². The van der Waals surface area contributed by atoms with Gasteiger partial charge in [-0.2, -0.15) is 0 Å². The topological polar surface area (TPSA) is 0 Å². The fraction of sp³-hybridized carbons (Fsp3) is 0.714. The summed E-state index contributed by atoms with van der Waals surface area (Å²) >= 11 is 1.89. The molecule has 1 saturated carbocycles. The summed E-state index contributed by atoms with van der Waals surface area (Å²) in [5.74, 6) is 3.34. The van der Waals surface area contributed by atoms with Crippen LogP contribution in [-0.2, 0) is 0 Å². The van der Waals surface area contributed by atoms with Gasteiger partial charge in [0, 0.05) is 5.25 Å². The van der Waals surface area contributed by atoms with Crippen molar-refractivity contribution >= 4 is 11.8 Å². The molecule has 0 saturated heterocycles. The second kappa shape index (κ2) is 6.28. The molecular weight excluding hydrogens is 200 g/mol. The van der Waals surface area contributed by atoms with E-state index in [0.717, 1.165) is 5.25 Å². The third-order valence-corrected chi connectivity index (χ3v) is 4.31. The lowest BCUT2D eigenvalue weighted by Crippen LogP contribution is -2.06. The first-order chi connectivity index (χ1) is 7.45. The Morgan fingerprint density at radius 1 is 1.07 bits per heavy atom. The lowest BCUT2D eigenvalue weighted by molar-refractivity contribution is 0.517. The van der Waals surface area contributed by atoms with Crippen molar-refractivity contribution in [3.05, 3.63) is 11.6 Å². The zero-order valence-corrected chi connectivity index (χ0v) is 10.2. The van der Waals surface area contributed by atoms with E-state index in [4.69, 9.17) is 0 Å². The van der Waals surface area contributed by atoms with E-state index < -0.39 is 0 Å². The molecule has 1 fully saturated rings. The lowest BCUT2D eigenvalue weighted by Gasteiger charge is -2.17. The minimum absolute atomic E-state index is 0.829. The van der Waals surface area contributed by atoms with Crippen LogP contribution in [0, 0.1) is 11.2 Å². The zero-order valence-electron chi connectivity index (χ0n) is 9.43. The van der Waals surface area contributed by atoms with Gasteiger partial charge in [0.15, 0.2) is 0 Å². The summed E-state index contributed by atoms with van der Waals surface area (Å²) in [5.41, 5.74) is 1.39. The van der Waals surface area contributed by atoms with E-state index >= 15 is 0 Å². The predicted octanol–water partition coefficient (Wildman–Crippen LogP) is 4.51. The maximum Gasteiger partial charge on any atom is 0.0171 e. The van der Waals surface area contributed by atoms with Gasteiger partial charge >= 0.3 is 0 Å². The smallest absolute Gasteiger partial charge is 0.0171 e. The molecule has 0 atom stereocenters. The van der Waals surface area contributed by atoms with Gasteiger partial charge in [0.1, 0.15) is 0 Å². The summed E-state index contributed by atoms with van der Waals surface area (Å²) in [6, 6.07) is 0. The van der Waals surface area contributed by atoms with Gasteiger partial charge in [-0.05, 0) is 49.4 Å². The highest BCUT2D eigenvalue weighted by Gasteiger charge is 2.12. The van der Waals surface area contributed by atoms with Gasteiger partial charge in [-0.1, -0.05) is 43.0 Å². The number of thioether (sulfide) groups is 1. The van der Waals surface area contributed by atoms with Crippen LogP contribution in [0.5, 0.6) is 0 Å². The maximum absolute atomic E-state index is 3.34. The molecule has 0 aromatic heterocycles. The van der Waals surface area contributed by atoms with Gasteiger partial charge in [0.25, 0.3) is 0 Å². The molecule has 0 radical (unpaired) electrons. The van der Waals surface area contributed by atoms with Crippen molar-refractivity contribution in [1.29, 1.82) is 0 Å². The molecule has 0 aliphatic heterocycles. The number of hydrogen-bond acceptors (Lipinski definition) is 1. The Bertz CT molecular complexity index is 273. The molecule has 0 bridgehead atoms. The minimum atomic E-state index is 0.829. The summed E-state index contributed by atoms with van der Waals surface area (Å²) in [6.07, 6.45) is 14.6. The molecule has 2 aliphatic carbocycles. The van der Waals surface area contributed by atoms with Crippen LogP contribution in [0.15, 0.2) is 11.6 Å². The van der Waals surface area contributed by atoms with Crippen molar-refractivity contribution in [2.24, 2.45) is 0 Å². The van der Waals surface area contributed by atoms with Crippen molar-refractivity contribution in [2.45, 2.75) is 63.0 Å². The highest BCUT2D eigenvalue weighted by atomic mass is 32.2. The molecule has 0 aromatic rings. The predicted molar refractivity (Wildman–Crippen MR) is 68.8 cm³/mol. The molecular formula is C14H20S. The maximum atomic E-state index is 3.34. The van der Waals surface area contributed by atoms with Crippen LogP contribution in [0.3, 0.4) is 0 Å². The van der Waals surface area contributed by atoms with Crippen molar-refractivity contribution in [3.63, 3.8) is 0 Å². The van der Waals surface area contributed by atoms with E-state index in [9.17, 15) is 0 Å². The Morgan fingerprint density at radius 2 is 1.93 bits per heavy atom. The molecule has 0 heterocycles. The first kappa shape index (κ1) is 11.1. The molecule has 1 heteroatoms. The molecule has 0 N–H and O–H groups in total. The highest BCUT2D eigenvalue weighted by molar-refractivity contribution is 8.04. The highest BCUT2D eigenvalue weighted by Crippen LogP contribution is 2.27. The SMILES string of the molecule is C(#CC1=CCCCC1)SC1CCCCC1. The van der Waals surface area contributed by atoms with Crippen molar-refractivity contribution in [1.82, 2.24) is 0 Å². The van der Waals surface area contributed by atoms with E-state index in [0.29, 0.717) is 0 Å². The standard InChI is InChI=1S/C14H20S/c1-3-7-13(8-4-1)11-12-15-14-9-5-2-6-10-14/h7,14H,1-6,8-10H2. The van der Waals surface area contributed by atoms with Gasteiger partial charge in [0.05, 0.1) is 0 Å². The van der Waals surface area contributed by atoms with E-state index in [2.05, 4.69) is 17.2 Å². The third-order valence-electron chi connectivity index (χ3n) is 3.28. The molecule has 15 heavy (non-hydrogen) atoms. The first-order valence-corrected chi connectivity index (χ1v) is 7.19. The fourth-order valence-electron chi connectivity index (χ4n) is 2.31. The van der Waals surface area contributed by atoms with E-state index in [1.807, 2.05) is 11.8 Å². The molecule has 0 unspecified atom stereocenters. The average molecular weight is 220 g/mol. The minimum Gasteiger partial charge on any atom is -0.0729 e. The second-order valence-corrected chi connectivity index (χ2v) is 5.69. The zero-order chi connectivity index (χ0) is 10.3. The summed E-state index contributed by atoms with van der Waals surface area (Å²) in [7, 11) is 0. The van der Waals surface area contributed by atoms with Crippen LogP contribution in [-0.4, -0.2) is 5.25 Å². The van der Waals surface area contributed by atoms with E-state index in [-0.39, 0.29) is 0 Å². The largest absolute Gasteiger partial charge is 0.0729 e. The van der Waals surface area contributed by atoms with Crippen LogP contribution >= 0.6 is 11.8 Å². The Labute approximate surface area is 97.9 Å². The van der Waals surface area contributed by atoms with Crippen molar-refractivity contribution < 1.29 is 0 Å². The molecule has 0 nitrogen and oxygen atoms in total. The van der Waals surface area contributed by atoms with Crippen molar-refractivity contribution in [3.8, 4) is 11.2 Å². The molecule has 82 valence electrons. The van der Waals surface area contributed by atoms with Crippen LogP contribution in [0.4, 0.5) is 0 Å². The summed E-state index contributed by atoms with van der Waals surface area (Å²) < 4.78 is 0. The fourth-order valence-corrected chi connectivity index (χ4v) is 3.24. The normalized spacial score (nSPS) is 22.8. The molecule has 0 aromatic carbocycles. The lowest BCUT2D eigenvalue weighted by atomic mass is 10.0. The Morgan fingerprint density at radius 3 is 2.67 bits per heavy atom. The molecule has 2 aliphatic rings. The van der Waals surface area contributed by atoms with Gasteiger partial charge in [-0.3, -0.25) is 0 Å². The first-order valence-electron chi connectivity index (χ1n) is 6.31. The summed E-state index contributed by atoms with van der Waals surface area (Å²) in [6.45, 7) is 0. The van der Waals surface area contributed by atoms with Crippen molar-refractivity contribution in [2.75, 3.05) is 0 Å². The third kappa shape index (κ3) is 3.95. The number of rotatable bonds is 1.